The lowest BCUT2D eigenvalue weighted by molar-refractivity contribution is -0.120. The average molecular weight is 231 g/mol. The number of allylic oxidation sites excluding steroid dienone is 2. The van der Waals surface area contributed by atoms with Gasteiger partial charge < -0.3 is 10.6 Å². The van der Waals surface area contributed by atoms with E-state index < -0.39 is 5.66 Å². The van der Waals surface area contributed by atoms with Crippen molar-refractivity contribution in [1.82, 2.24) is 10.6 Å². The van der Waals surface area contributed by atoms with E-state index >= 15 is 0 Å². The number of hydrogen-bond acceptors (Lipinski definition) is 2. The SMILES string of the molecule is CC(=O)NC1(c2ccc(F)cc2)C=[C]C=CN1. The van der Waals surface area contributed by atoms with Crippen LogP contribution in [0.25, 0.3) is 0 Å². The van der Waals surface area contributed by atoms with Crippen molar-refractivity contribution in [3.05, 3.63) is 60.1 Å². The Bertz CT molecular complexity index is 479. The second-order valence-electron chi connectivity index (χ2n) is 3.78. The molecule has 1 atom stereocenters. The van der Waals surface area contributed by atoms with Crippen LogP contribution in [-0.2, 0) is 10.5 Å². The topological polar surface area (TPSA) is 41.1 Å². The van der Waals surface area contributed by atoms with Crippen molar-refractivity contribution in [2.24, 2.45) is 0 Å². The van der Waals surface area contributed by atoms with Gasteiger partial charge in [0.1, 0.15) is 5.82 Å². The highest BCUT2D eigenvalue weighted by molar-refractivity contribution is 5.74. The third-order valence-electron chi connectivity index (χ3n) is 2.46. The molecular weight excluding hydrogens is 219 g/mol. The number of carbonyl (C=O) groups excluding carboxylic acids is 1. The van der Waals surface area contributed by atoms with Gasteiger partial charge in [0.25, 0.3) is 0 Å². The number of amides is 1. The first-order chi connectivity index (χ1) is 8.12. The Morgan fingerprint density at radius 1 is 1.41 bits per heavy atom. The van der Waals surface area contributed by atoms with E-state index in [2.05, 4.69) is 16.7 Å². The molecule has 1 aromatic carbocycles. The maximum atomic E-state index is 12.9. The van der Waals surface area contributed by atoms with Gasteiger partial charge in [-0.15, -0.1) is 0 Å². The average Bonchev–Trinajstić information content (AvgIpc) is 2.30. The first-order valence-electron chi connectivity index (χ1n) is 5.20. The molecule has 17 heavy (non-hydrogen) atoms. The normalized spacial score (nSPS) is 22.0. The molecule has 87 valence electrons. The number of rotatable bonds is 2. The summed E-state index contributed by atoms with van der Waals surface area (Å²) in [5, 5.41) is 5.84. The van der Waals surface area contributed by atoms with E-state index in [4.69, 9.17) is 0 Å². The molecule has 0 saturated carbocycles. The van der Waals surface area contributed by atoms with Crippen LogP contribution in [0.3, 0.4) is 0 Å². The van der Waals surface area contributed by atoms with Gasteiger partial charge in [-0.3, -0.25) is 4.79 Å². The Kier molecular flexibility index (Phi) is 2.95. The van der Waals surface area contributed by atoms with Crippen molar-refractivity contribution >= 4 is 5.91 Å². The van der Waals surface area contributed by atoms with E-state index in [0.717, 1.165) is 5.56 Å². The lowest BCUT2D eigenvalue weighted by Crippen LogP contribution is -2.53. The molecule has 4 heteroatoms. The fourth-order valence-corrected chi connectivity index (χ4v) is 1.74. The van der Waals surface area contributed by atoms with Crippen LogP contribution >= 0.6 is 0 Å². The Hall–Kier alpha value is -2.10. The number of hydrogen-bond donors (Lipinski definition) is 2. The van der Waals surface area contributed by atoms with Crippen LogP contribution in [0.1, 0.15) is 12.5 Å². The molecule has 1 aliphatic rings. The largest absolute Gasteiger partial charge is 0.362 e. The van der Waals surface area contributed by atoms with Crippen LogP contribution in [0.5, 0.6) is 0 Å². The summed E-state index contributed by atoms with van der Waals surface area (Å²) in [6.07, 6.45) is 7.99. The third-order valence-corrected chi connectivity index (χ3v) is 2.46. The zero-order valence-electron chi connectivity index (χ0n) is 9.33. The van der Waals surface area contributed by atoms with E-state index in [1.54, 1.807) is 30.5 Å². The first-order valence-corrected chi connectivity index (χ1v) is 5.20. The van der Waals surface area contributed by atoms with Crippen LogP contribution in [0.2, 0.25) is 0 Å². The van der Waals surface area contributed by atoms with E-state index in [9.17, 15) is 9.18 Å². The molecule has 2 N–H and O–H groups in total. The van der Waals surface area contributed by atoms with Crippen LogP contribution in [0, 0.1) is 11.9 Å². The van der Waals surface area contributed by atoms with Gasteiger partial charge in [-0.1, -0.05) is 12.1 Å². The number of benzene rings is 1. The van der Waals surface area contributed by atoms with Gasteiger partial charge >= 0.3 is 0 Å². The molecule has 2 rings (SSSR count). The van der Waals surface area contributed by atoms with Crippen molar-refractivity contribution in [3.8, 4) is 0 Å². The minimum absolute atomic E-state index is 0.185. The Balaban J connectivity index is 2.39. The Morgan fingerprint density at radius 3 is 2.65 bits per heavy atom. The summed E-state index contributed by atoms with van der Waals surface area (Å²) < 4.78 is 12.9. The lowest BCUT2D eigenvalue weighted by atomic mass is 9.97. The van der Waals surface area contributed by atoms with Crippen LogP contribution < -0.4 is 10.6 Å². The number of halogens is 1. The molecule has 1 amide bonds. The van der Waals surface area contributed by atoms with E-state index in [1.807, 2.05) is 0 Å². The molecule has 0 fully saturated rings. The smallest absolute Gasteiger partial charge is 0.219 e. The summed E-state index contributed by atoms with van der Waals surface area (Å²) in [4.78, 5) is 11.3. The van der Waals surface area contributed by atoms with E-state index in [-0.39, 0.29) is 11.7 Å². The van der Waals surface area contributed by atoms with Gasteiger partial charge in [0.05, 0.1) is 0 Å². The molecule has 0 aromatic heterocycles. The highest BCUT2D eigenvalue weighted by Gasteiger charge is 2.30. The van der Waals surface area contributed by atoms with Gasteiger partial charge in [0, 0.05) is 12.5 Å². The second kappa shape index (κ2) is 4.41. The zero-order chi connectivity index (χ0) is 12.3. The van der Waals surface area contributed by atoms with Gasteiger partial charge in [0.15, 0.2) is 5.66 Å². The summed E-state index contributed by atoms with van der Waals surface area (Å²) >= 11 is 0. The van der Waals surface area contributed by atoms with E-state index in [1.165, 1.54) is 19.1 Å². The highest BCUT2D eigenvalue weighted by atomic mass is 19.1. The number of nitrogens with one attached hydrogen (secondary N) is 2. The molecule has 0 saturated heterocycles. The van der Waals surface area contributed by atoms with Crippen molar-refractivity contribution in [2.75, 3.05) is 0 Å². The quantitative estimate of drug-likeness (QED) is 0.811. The maximum absolute atomic E-state index is 12.9. The molecule has 1 aliphatic heterocycles. The molecule has 1 aromatic rings. The Morgan fingerprint density at radius 2 is 2.12 bits per heavy atom. The lowest BCUT2D eigenvalue weighted by Gasteiger charge is -2.33. The molecule has 1 radical (unpaired) electrons. The number of dihydropyridines is 1. The van der Waals surface area contributed by atoms with Gasteiger partial charge in [-0.2, -0.15) is 0 Å². The van der Waals surface area contributed by atoms with Gasteiger partial charge in [0.2, 0.25) is 5.91 Å². The van der Waals surface area contributed by atoms with Crippen LogP contribution in [0.15, 0.2) is 42.6 Å². The zero-order valence-corrected chi connectivity index (χ0v) is 9.33. The molecule has 1 heterocycles. The predicted octanol–water partition coefficient (Wildman–Crippen LogP) is 1.59. The summed E-state index contributed by atoms with van der Waals surface area (Å²) in [6.45, 7) is 1.43. The van der Waals surface area contributed by atoms with Crippen LogP contribution in [-0.4, -0.2) is 5.91 Å². The van der Waals surface area contributed by atoms with Crippen LogP contribution in [0.4, 0.5) is 4.39 Å². The molecule has 0 bridgehead atoms. The van der Waals surface area contributed by atoms with Crippen molar-refractivity contribution in [2.45, 2.75) is 12.6 Å². The minimum Gasteiger partial charge on any atom is -0.362 e. The van der Waals surface area contributed by atoms with E-state index in [0.29, 0.717) is 0 Å². The summed E-state index contributed by atoms with van der Waals surface area (Å²) in [5.41, 5.74) is -0.111. The van der Waals surface area contributed by atoms with Crippen molar-refractivity contribution in [1.29, 1.82) is 0 Å². The number of carbonyl (C=O) groups is 1. The summed E-state index contributed by atoms with van der Waals surface area (Å²) in [7, 11) is 0. The van der Waals surface area contributed by atoms with Crippen molar-refractivity contribution < 1.29 is 9.18 Å². The minimum atomic E-state index is -0.853. The second-order valence-corrected chi connectivity index (χ2v) is 3.78. The fraction of sp³-hybridized carbons (Fsp3) is 0.154. The summed E-state index contributed by atoms with van der Waals surface area (Å²) in [5.74, 6) is -0.499. The monoisotopic (exact) mass is 231 g/mol. The molecular formula is C13H12FN2O. The first kappa shape index (κ1) is 11.4. The van der Waals surface area contributed by atoms with Gasteiger partial charge in [-0.05, 0) is 36.6 Å². The molecule has 3 nitrogen and oxygen atoms in total. The molecule has 1 unspecified atom stereocenters. The highest BCUT2D eigenvalue weighted by Crippen LogP contribution is 2.22. The molecule has 0 aliphatic carbocycles. The van der Waals surface area contributed by atoms with Gasteiger partial charge in [-0.25, -0.2) is 4.39 Å². The standard InChI is InChI=1S/C13H12FN2O/c1-10(17)16-13(8-2-3-9-15-13)11-4-6-12(14)7-5-11/h3-9,15H,1H3,(H,16,17). The van der Waals surface area contributed by atoms with Crippen molar-refractivity contribution in [3.63, 3.8) is 0 Å². The Labute approximate surface area is 99.0 Å². The fourth-order valence-electron chi connectivity index (χ4n) is 1.74. The predicted molar refractivity (Wildman–Crippen MR) is 62.0 cm³/mol. The third kappa shape index (κ3) is 2.36. The summed E-state index contributed by atoms with van der Waals surface area (Å²) in [6, 6.07) is 5.95. The molecule has 0 spiro atoms. The maximum Gasteiger partial charge on any atom is 0.219 e.